The topological polar surface area (TPSA) is 134 Å². The molecule has 0 bridgehead atoms. The molecule has 14 heteroatoms. The maximum atomic E-state index is 14.4. The average Bonchev–Trinajstić information content (AvgIpc) is 3.49. The van der Waals surface area contributed by atoms with E-state index in [0.29, 0.717) is 30.7 Å². The molecule has 0 spiro atoms. The summed E-state index contributed by atoms with van der Waals surface area (Å²) in [4.78, 5) is 56.5. The van der Waals surface area contributed by atoms with Gasteiger partial charge in [-0.1, -0.05) is 49.6 Å². The Kier molecular flexibility index (Phi) is 13.0. The van der Waals surface area contributed by atoms with E-state index in [-0.39, 0.29) is 62.8 Å². The highest BCUT2D eigenvalue weighted by Gasteiger charge is 2.37. The predicted octanol–water partition coefficient (Wildman–Crippen LogP) is 4.50. The molecule has 4 amide bonds. The molecule has 1 aliphatic heterocycles. The number of carbonyl (C=O) groups excluding carboxylic acids is 3. The van der Waals surface area contributed by atoms with Crippen LogP contribution in [0.1, 0.15) is 55.1 Å². The summed E-state index contributed by atoms with van der Waals surface area (Å²) in [5.74, 6) is -3.24. The van der Waals surface area contributed by atoms with Gasteiger partial charge >= 0.3 is 6.09 Å². The highest BCUT2D eigenvalue weighted by Crippen LogP contribution is 2.29. The minimum absolute atomic E-state index is 0.0775. The summed E-state index contributed by atoms with van der Waals surface area (Å²) >= 11 is 0. The van der Waals surface area contributed by atoms with Gasteiger partial charge in [-0.3, -0.25) is 19.3 Å². The molecule has 2 aliphatic rings. The molecule has 51 heavy (non-hydrogen) atoms. The summed E-state index contributed by atoms with van der Waals surface area (Å²) in [6.45, 7) is 3.90. The van der Waals surface area contributed by atoms with Gasteiger partial charge in [-0.15, -0.1) is 0 Å². The lowest BCUT2D eigenvalue weighted by molar-refractivity contribution is -0.140. The number of nitrogens with zero attached hydrogens (tertiary/aromatic N) is 4. The zero-order valence-electron chi connectivity index (χ0n) is 29.2. The molecule has 2 fully saturated rings. The first-order valence-electron chi connectivity index (χ1n) is 17.6. The van der Waals surface area contributed by atoms with Crippen LogP contribution in [0.5, 0.6) is 0 Å². The lowest BCUT2D eigenvalue weighted by Crippen LogP contribution is -2.59. The van der Waals surface area contributed by atoms with Gasteiger partial charge in [-0.2, -0.15) is 0 Å². The first-order valence-corrected chi connectivity index (χ1v) is 17.6. The highest BCUT2D eigenvalue weighted by molar-refractivity contribution is 5.99. The van der Waals surface area contributed by atoms with Crippen molar-refractivity contribution in [2.75, 3.05) is 53.0 Å². The standard InChI is InChI=1S/C37H47F2N5O7/c1-25(41(2)37(48)49)34(45)40-33(27-11-7-4-8-12-27)36(47)43-15-13-42(14-16-43)35(46)32-22-28-21-29(38)30(39)23-31(28)44(32)17-18-50-19-20-51-24-26-9-5-3-6-10-26/h3,5-6,9-10,21-23,25,27,33H,4,7-8,11-20,24H2,1-2H3,(H,40,45)(H,48,49). The van der Waals surface area contributed by atoms with Crippen molar-refractivity contribution in [1.29, 1.82) is 0 Å². The number of aromatic nitrogens is 1. The molecule has 2 unspecified atom stereocenters. The maximum Gasteiger partial charge on any atom is 0.407 e. The van der Waals surface area contributed by atoms with Gasteiger partial charge in [0.25, 0.3) is 5.91 Å². The van der Waals surface area contributed by atoms with E-state index < -0.39 is 35.7 Å². The monoisotopic (exact) mass is 711 g/mol. The largest absolute Gasteiger partial charge is 0.465 e. The van der Waals surface area contributed by atoms with Crippen LogP contribution in [0.25, 0.3) is 10.9 Å². The number of benzene rings is 2. The fraction of sp³-hybridized carbons (Fsp3) is 0.514. The summed E-state index contributed by atoms with van der Waals surface area (Å²) in [6, 6.07) is 11.7. The van der Waals surface area contributed by atoms with Crippen molar-refractivity contribution in [3.63, 3.8) is 0 Å². The Balaban J connectivity index is 1.22. The van der Waals surface area contributed by atoms with Crippen molar-refractivity contribution < 1.29 is 42.5 Å². The molecule has 1 aromatic heterocycles. The van der Waals surface area contributed by atoms with Crippen molar-refractivity contribution in [3.8, 4) is 0 Å². The summed E-state index contributed by atoms with van der Waals surface area (Å²) in [6.07, 6.45) is 3.22. The van der Waals surface area contributed by atoms with Crippen molar-refractivity contribution in [2.45, 2.75) is 64.3 Å². The number of nitrogens with one attached hydrogen (secondary N) is 1. The van der Waals surface area contributed by atoms with Gasteiger partial charge in [0.05, 0.1) is 31.9 Å². The quantitative estimate of drug-likeness (QED) is 0.236. The average molecular weight is 712 g/mol. The van der Waals surface area contributed by atoms with Gasteiger partial charge in [0.15, 0.2) is 11.6 Å². The van der Waals surface area contributed by atoms with Crippen LogP contribution in [0.2, 0.25) is 0 Å². The number of carboxylic acid groups (broad SMARTS) is 1. The van der Waals surface area contributed by atoms with Crippen LogP contribution in [0.3, 0.4) is 0 Å². The van der Waals surface area contributed by atoms with Crippen molar-refractivity contribution in [3.05, 3.63) is 71.4 Å². The van der Waals surface area contributed by atoms with Crippen molar-refractivity contribution >= 4 is 34.7 Å². The molecule has 3 aromatic rings. The maximum absolute atomic E-state index is 14.4. The molecule has 12 nitrogen and oxygen atoms in total. The van der Waals surface area contributed by atoms with Gasteiger partial charge in [0.1, 0.15) is 17.8 Å². The first-order chi connectivity index (χ1) is 24.5. The normalized spacial score (nSPS) is 16.5. The third-order valence-electron chi connectivity index (χ3n) is 9.93. The van der Waals surface area contributed by atoms with E-state index in [1.54, 1.807) is 20.4 Å². The number of fused-ring (bicyclic) bond motifs is 1. The van der Waals surface area contributed by atoms with Gasteiger partial charge in [0, 0.05) is 51.2 Å². The van der Waals surface area contributed by atoms with Crippen LogP contribution < -0.4 is 5.32 Å². The minimum Gasteiger partial charge on any atom is -0.465 e. The fourth-order valence-corrected chi connectivity index (χ4v) is 6.77. The molecular weight excluding hydrogens is 664 g/mol. The lowest BCUT2D eigenvalue weighted by atomic mass is 9.83. The van der Waals surface area contributed by atoms with Crippen LogP contribution >= 0.6 is 0 Å². The van der Waals surface area contributed by atoms with Crippen LogP contribution in [0, 0.1) is 17.6 Å². The molecule has 0 radical (unpaired) electrons. The summed E-state index contributed by atoms with van der Waals surface area (Å²) in [7, 11) is 1.31. The molecule has 1 saturated heterocycles. The summed E-state index contributed by atoms with van der Waals surface area (Å²) < 4.78 is 41.6. The van der Waals surface area contributed by atoms with Crippen molar-refractivity contribution in [2.24, 2.45) is 5.92 Å². The second-order valence-corrected chi connectivity index (χ2v) is 13.2. The van der Waals surface area contributed by atoms with Crippen LogP contribution in [0.4, 0.5) is 13.6 Å². The Labute approximate surface area is 296 Å². The number of hydrogen-bond acceptors (Lipinski definition) is 6. The Bertz CT molecular complexity index is 1670. The molecule has 2 N–H and O–H groups in total. The van der Waals surface area contributed by atoms with E-state index in [4.69, 9.17) is 9.47 Å². The van der Waals surface area contributed by atoms with Crippen LogP contribution in [-0.2, 0) is 32.2 Å². The van der Waals surface area contributed by atoms with E-state index in [1.807, 2.05) is 30.3 Å². The van der Waals surface area contributed by atoms with E-state index in [0.717, 1.165) is 54.7 Å². The molecular formula is C37H47F2N5O7. The number of halogens is 2. The predicted molar refractivity (Wildman–Crippen MR) is 185 cm³/mol. The molecule has 276 valence electrons. The Morgan fingerprint density at radius 2 is 1.55 bits per heavy atom. The van der Waals surface area contributed by atoms with Crippen LogP contribution in [-0.4, -0.2) is 113 Å². The number of amides is 4. The fourth-order valence-electron chi connectivity index (χ4n) is 6.77. The minimum atomic E-state index is -1.25. The summed E-state index contributed by atoms with van der Waals surface area (Å²) in [5, 5.41) is 12.6. The highest BCUT2D eigenvalue weighted by atomic mass is 19.2. The number of likely N-dealkylation sites (N-methyl/N-ethyl adjacent to an activating group) is 1. The van der Waals surface area contributed by atoms with Gasteiger partial charge in [-0.05, 0) is 43.4 Å². The molecule has 1 saturated carbocycles. The smallest absolute Gasteiger partial charge is 0.407 e. The third kappa shape index (κ3) is 9.41. The Hall–Kier alpha value is -4.56. The second kappa shape index (κ2) is 17.6. The number of ether oxygens (including phenoxy) is 2. The Morgan fingerprint density at radius 1 is 0.902 bits per heavy atom. The van der Waals surface area contributed by atoms with E-state index >= 15 is 0 Å². The SMILES string of the molecule is CC(C(=O)NC(C(=O)N1CCN(C(=O)c2cc3cc(F)c(F)cc3n2CCOCCOCc2ccccc2)CC1)C1CCCCC1)N(C)C(=O)O. The number of piperazine rings is 1. The number of carbonyl (C=O) groups is 4. The van der Waals surface area contributed by atoms with Gasteiger partial charge in [0.2, 0.25) is 11.8 Å². The zero-order chi connectivity index (χ0) is 36.5. The van der Waals surface area contributed by atoms with Crippen LogP contribution in [0.15, 0.2) is 48.5 Å². The van der Waals surface area contributed by atoms with E-state index in [2.05, 4.69) is 5.32 Å². The number of hydrogen-bond donors (Lipinski definition) is 2. The van der Waals surface area contributed by atoms with Gasteiger partial charge < -0.3 is 34.3 Å². The second-order valence-electron chi connectivity index (χ2n) is 13.2. The van der Waals surface area contributed by atoms with Crippen molar-refractivity contribution in [1.82, 2.24) is 24.6 Å². The van der Waals surface area contributed by atoms with E-state index in [9.17, 15) is 33.1 Å². The zero-order valence-corrected chi connectivity index (χ0v) is 29.2. The molecule has 5 rings (SSSR count). The summed E-state index contributed by atoms with van der Waals surface area (Å²) in [5.41, 5.74) is 1.66. The molecule has 2 heterocycles. The Morgan fingerprint density at radius 3 is 2.24 bits per heavy atom. The van der Waals surface area contributed by atoms with Gasteiger partial charge in [-0.25, -0.2) is 13.6 Å². The lowest BCUT2D eigenvalue weighted by Gasteiger charge is -2.39. The molecule has 1 aliphatic carbocycles. The third-order valence-corrected chi connectivity index (χ3v) is 9.93. The van der Waals surface area contributed by atoms with E-state index in [1.165, 1.54) is 14.0 Å². The molecule has 2 atom stereocenters. The number of rotatable bonds is 14. The molecule has 2 aromatic carbocycles. The first kappa shape index (κ1) is 37.7.